The van der Waals surface area contributed by atoms with Gasteiger partial charge in [-0.2, -0.15) is 5.26 Å². The number of hydrogen-bond acceptors (Lipinski definition) is 4. The van der Waals surface area contributed by atoms with E-state index in [1.54, 1.807) is 18.2 Å². The number of amides is 2. The molecule has 0 bridgehead atoms. The molecule has 2 amide bonds. The van der Waals surface area contributed by atoms with Gasteiger partial charge in [0.15, 0.2) is 0 Å². The minimum Gasteiger partial charge on any atom is -0.347 e. The highest BCUT2D eigenvalue weighted by Gasteiger charge is 2.41. The maximum atomic E-state index is 13.6. The first-order valence-corrected chi connectivity index (χ1v) is 12.2. The van der Waals surface area contributed by atoms with E-state index in [0.29, 0.717) is 21.3 Å². The molecule has 0 radical (unpaired) electrons. The number of carbonyl (C=O) groups excluding carboxylic acids is 2. The Bertz CT molecular complexity index is 1340. The fraction of sp³-hybridized carbons (Fsp3) is 0.115. The zero-order valence-electron chi connectivity index (χ0n) is 18.2. The van der Waals surface area contributed by atoms with Crippen LogP contribution >= 0.6 is 35.0 Å². The molecule has 1 fully saturated rings. The van der Waals surface area contributed by atoms with Crippen molar-refractivity contribution in [2.75, 3.05) is 4.90 Å². The summed E-state index contributed by atoms with van der Waals surface area (Å²) in [7, 11) is 0. The van der Waals surface area contributed by atoms with E-state index in [2.05, 4.69) is 5.32 Å². The predicted octanol–water partition coefficient (Wildman–Crippen LogP) is 5.88. The van der Waals surface area contributed by atoms with Crippen LogP contribution in [0.1, 0.15) is 11.1 Å². The molecular formula is C26H18Cl2FN3O2S. The van der Waals surface area contributed by atoms with Crippen molar-refractivity contribution in [1.82, 2.24) is 5.32 Å². The standard InChI is InChI=1S/C26H18Cl2FN3O2S/c27-18-6-11-22(28)17(12-18)13-23-25(34)32(20-9-7-19(29)8-10-20)26(35-23)21(14-30)24(33)31-15-16-4-2-1-3-5-16/h1-12,23H,13,15H2,(H,31,33)/b26-21-/t23-/m1/s1. The Kier molecular flexibility index (Phi) is 7.76. The fourth-order valence-electron chi connectivity index (χ4n) is 3.58. The third kappa shape index (κ3) is 5.68. The Labute approximate surface area is 216 Å². The van der Waals surface area contributed by atoms with Gasteiger partial charge in [-0.1, -0.05) is 65.3 Å². The number of thioether (sulfide) groups is 1. The lowest BCUT2D eigenvalue weighted by molar-refractivity contribution is -0.117. The van der Waals surface area contributed by atoms with Crippen molar-refractivity contribution in [2.24, 2.45) is 0 Å². The predicted molar refractivity (Wildman–Crippen MR) is 136 cm³/mol. The number of carbonyl (C=O) groups is 2. The number of rotatable bonds is 6. The summed E-state index contributed by atoms with van der Waals surface area (Å²) in [6.45, 7) is 0.217. The highest BCUT2D eigenvalue weighted by molar-refractivity contribution is 8.05. The molecule has 0 aliphatic carbocycles. The van der Waals surface area contributed by atoms with Crippen LogP contribution in [-0.2, 0) is 22.6 Å². The van der Waals surface area contributed by atoms with E-state index in [1.807, 2.05) is 36.4 Å². The molecule has 1 N–H and O–H groups in total. The average Bonchev–Trinajstić information content (AvgIpc) is 3.17. The molecule has 0 spiro atoms. The van der Waals surface area contributed by atoms with Crippen molar-refractivity contribution in [3.05, 3.63) is 110 Å². The number of nitrogens with one attached hydrogen (secondary N) is 1. The van der Waals surface area contributed by atoms with Gasteiger partial charge in [-0.15, -0.1) is 0 Å². The van der Waals surface area contributed by atoms with Gasteiger partial charge in [0.05, 0.1) is 5.25 Å². The van der Waals surface area contributed by atoms with E-state index in [-0.39, 0.29) is 29.5 Å². The van der Waals surface area contributed by atoms with Crippen molar-refractivity contribution in [3.8, 4) is 6.07 Å². The third-order valence-corrected chi connectivity index (χ3v) is 7.17. The molecular weight excluding hydrogens is 508 g/mol. The molecule has 1 heterocycles. The number of anilines is 1. The monoisotopic (exact) mass is 525 g/mol. The van der Waals surface area contributed by atoms with Gasteiger partial charge in [0.1, 0.15) is 22.5 Å². The van der Waals surface area contributed by atoms with Crippen LogP contribution in [0, 0.1) is 17.1 Å². The van der Waals surface area contributed by atoms with Gasteiger partial charge in [-0.3, -0.25) is 14.5 Å². The molecule has 4 rings (SSSR count). The molecule has 176 valence electrons. The molecule has 1 saturated heterocycles. The zero-order valence-corrected chi connectivity index (χ0v) is 20.5. The van der Waals surface area contributed by atoms with E-state index in [4.69, 9.17) is 23.2 Å². The molecule has 1 aliphatic heterocycles. The lowest BCUT2D eigenvalue weighted by atomic mass is 10.1. The normalized spacial score (nSPS) is 16.7. The van der Waals surface area contributed by atoms with Crippen molar-refractivity contribution < 1.29 is 14.0 Å². The first-order valence-electron chi connectivity index (χ1n) is 10.5. The van der Waals surface area contributed by atoms with Crippen LogP contribution in [0.2, 0.25) is 10.0 Å². The second-order valence-electron chi connectivity index (χ2n) is 7.66. The van der Waals surface area contributed by atoms with Gasteiger partial charge in [0, 0.05) is 22.3 Å². The largest absolute Gasteiger partial charge is 0.347 e. The second-order valence-corrected chi connectivity index (χ2v) is 9.69. The van der Waals surface area contributed by atoms with Gasteiger partial charge < -0.3 is 5.32 Å². The highest BCUT2D eigenvalue weighted by atomic mass is 35.5. The molecule has 9 heteroatoms. The first-order chi connectivity index (χ1) is 16.9. The summed E-state index contributed by atoms with van der Waals surface area (Å²) in [6.07, 6.45) is 0.231. The number of hydrogen-bond donors (Lipinski definition) is 1. The molecule has 0 saturated carbocycles. The summed E-state index contributed by atoms with van der Waals surface area (Å²) in [4.78, 5) is 27.8. The molecule has 35 heavy (non-hydrogen) atoms. The summed E-state index contributed by atoms with van der Waals surface area (Å²) in [6, 6.07) is 21.5. The van der Waals surface area contributed by atoms with Gasteiger partial charge in [-0.05, 0) is 60.0 Å². The zero-order chi connectivity index (χ0) is 24.9. The quantitative estimate of drug-likeness (QED) is 0.322. The highest BCUT2D eigenvalue weighted by Crippen LogP contribution is 2.42. The van der Waals surface area contributed by atoms with Crippen LogP contribution in [0.25, 0.3) is 0 Å². The average molecular weight is 526 g/mol. The van der Waals surface area contributed by atoms with E-state index >= 15 is 0 Å². The maximum Gasteiger partial charge on any atom is 0.264 e. The van der Waals surface area contributed by atoms with Crippen LogP contribution in [0.15, 0.2) is 83.4 Å². The minimum absolute atomic E-state index is 0.179. The molecule has 0 unspecified atom stereocenters. The van der Waals surface area contributed by atoms with Crippen molar-refractivity contribution in [3.63, 3.8) is 0 Å². The summed E-state index contributed by atoms with van der Waals surface area (Å²) in [5.74, 6) is -1.43. The second kappa shape index (κ2) is 11.0. The molecule has 1 aliphatic rings. The number of halogens is 3. The first kappa shape index (κ1) is 24.8. The van der Waals surface area contributed by atoms with Gasteiger partial charge in [-0.25, -0.2) is 4.39 Å². The Morgan fingerprint density at radius 2 is 1.80 bits per heavy atom. The van der Waals surface area contributed by atoms with Crippen LogP contribution in [-0.4, -0.2) is 17.1 Å². The summed E-state index contributed by atoms with van der Waals surface area (Å²) in [5, 5.41) is 13.1. The maximum absolute atomic E-state index is 13.6. The topological polar surface area (TPSA) is 73.2 Å². The Morgan fingerprint density at radius 3 is 2.49 bits per heavy atom. The van der Waals surface area contributed by atoms with E-state index in [1.165, 1.54) is 29.2 Å². The van der Waals surface area contributed by atoms with Crippen LogP contribution in [0.3, 0.4) is 0 Å². The Balaban J connectivity index is 1.69. The fourth-order valence-corrected chi connectivity index (χ4v) is 5.26. The van der Waals surface area contributed by atoms with Crippen molar-refractivity contribution >= 4 is 52.5 Å². The summed E-state index contributed by atoms with van der Waals surface area (Å²) in [5.41, 5.74) is 1.67. The molecule has 3 aromatic carbocycles. The van der Waals surface area contributed by atoms with Crippen LogP contribution in [0.5, 0.6) is 0 Å². The SMILES string of the molecule is N#C/C(C(=O)NCc1ccccc1)=C1/S[C@H](Cc2cc(Cl)ccc2Cl)C(=O)N1c1ccc(F)cc1. The lowest BCUT2D eigenvalue weighted by Gasteiger charge is -2.18. The lowest BCUT2D eigenvalue weighted by Crippen LogP contribution is -2.32. The van der Waals surface area contributed by atoms with Crippen molar-refractivity contribution in [1.29, 1.82) is 5.26 Å². The van der Waals surface area contributed by atoms with Crippen molar-refractivity contribution in [2.45, 2.75) is 18.2 Å². The van der Waals surface area contributed by atoms with Gasteiger partial charge in [0.25, 0.3) is 5.91 Å². The summed E-state index contributed by atoms with van der Waals surface area (Å²) < 4.78 is 13.6. The van der Waals surface area contributed by atoms with Gasteiger partial charge >= 0.3 is 0 Å². The molecule has 0 aromatic heterocycles. The molecule has 3 aromatic rings. The van der Waals surface area contributed by atoms with E-state index in [0.717, 1.165) is 17.3 Å². The third-order valence-electron chi connectivity index (χ3n) is 5.30. The van der Waals surface area contributed by atoms with E-state index < -0.39 is 17.0 Å². The number of nitrogens with zero attached hydrogens (tertiary/aromatic N) is 2. The smallest absolute Gasteiger partial charge is 0.264 e. The summed E-state index contributed by atoms with van der Waals surface area (Å²) >= 11 is 13.5. The molecule has 5 nitrogen and oxygen atoms in total. The number of benzene rings is 3. The number of nitriles is 1. The van der Waals surface area contributed by atoms with Crippen LogP contribution in [0.4, 0.5) is 10.1 Å². The van der Waals surface area contributed by atoms with Crippen LogP contribution < -0.4 is 10.2 Å². The van der Waals surface area contributed by atoms with E-state index in [9.17, 15) is 19.2 Å². The Morgan fingerprint density at radius 1 is 1.09 bits per heavy atom. The Hall–Kier alpha value is -3.31. The minimum atomic E-state index is -0.670. The molecule has 1 atom stereocenters. The van der Waals surface area contributed by atoms with Gasteiger partial charge in [0.2, 0.25) is 5.91 Å².